The number of nitrogens with one attached hydrogen (secondary N) is 1. The summed E-state index contributed by atoms with van der Waals surface area (Å²) in [6.07, 6.45) is 5.43. The van der Waals surface area contributed by atoms with E-state index in [-0.39, 0.29) is 17.4 Å². The minimum absolute atomic E-state index is 0.110. The lowest BCUT2D eigenvalue weighted by molar-refractivity contribution is -0.124. The fourth-order valence-corrected chi connectivity index (χ4v) is 3.34. The monoisotopic (exact) mass is 258 g/mol. The highest BCUT2D eigenvalue weighted by molar-refractivity contribution is 5.83. The van der Waals surface area contributed by atoms with Crippen molar-refractivity contribution < 1.29 is 4.79 Å². The van der Waals surface area contributed by atoms with Crippen molar-refractivity contribution >= 4 is 5.91 Å². The normalized spacial score (nSPS) is 28.1. The summed E-state index contributed by atoms with van der Waals surface area (Å²) in [5.41, 5.74) is 7.05. The van der Waals surface area contributed by atoms with Crippen molar-refractivity contribution in [2.45, 2.75) is 43.6 Å². The van der Waals surface area contributed by atoms with Gasteiger partial charge in [0.25, 0.3) is 0 Å². The fraction of sp³-hybridized carbons (Fsp3) is 0.562. The number of hydrogen-bond donors (Lipinski definition) is 2. The van der Waals surface area contributed by atoms with Crippen molar-refractivity contribution in [1.82, 2.24) is 5.32 Å². The molecule has 2 aliphatic rings. The third kappa shape index (κ3) is 2.52. The molecule has 1 amide bonds. The minimum atomic E-state index is -0.110. The molecular formula is C16H22N2O. The fourth-order valence-electron chi connectivity index (χ4n) is 3.34. The van der Waals surface area contributed by atoms with Crippen molar-refractivity contribution in [1.29, 1.82) is 0 Å². The van der Waals surface area contributed by atoms with Crippen LogP contribution in [0.15, 0.2) is 30.3 Å². The Morgan fingerprint density at radius 3 is 2.58 bits per heavy atom. The maximum Gasteiger partial charge on any atom is 0.224 e. The minimum Gasteiger partial charge on any atom is -0.349 e. The first kappa shape index (κ1) is 12.7. The van der Waals surface area contributed by atoms with E-state index in [9.17, 15) is 4.79 Å². The molecule has 1 aromatic carbocycles. The van der Waals surface area contributed by atoms with Crippen molar-refractivity contribution in [3.05, 3.63) is 35.9 Å². The van der Waals surface area contributed by atoms with E-state index in [1.165, 1.54) is 18.4 Å². The van der Waals surface area contributed by atoms with Crippen molar-refractivity contribution in [2.75, 3.05) is 6.54 Å². The van der Waals surface area contributed by atoms with Gasteiger partial charge in [0.05, 0.1) is 5.54 Å². The highest BCUT2D eigenvalue weighted by Gasteiger charge is 2.46. The van der Waals surface area contributed by atoms with Crippen LogP contribution in [-0.2, 0) is 4.79 Å². The van der Waals surface area contributed by atoms with Crippen molar-refractivity contribution in [3.63, 3.8) is 0 Å². The second kappa shape index (κ2) is 4.97. The van der Waals surface area contributed by atoms with E-state index in [2.05, 4.69) is 17.4 Å². The van der Waals surface area contributed by atoms with Gasteiger partial charge in [0.15, 0.2) is 0 Å². The van der Waals surface area contributed by atoms with Crippen molar-refractivity contribution in [3.8, 4) is 0 Å². The van der Waals surface area contributed by atoms with Gasteiger partial charge in [-0.25, -0.2) is 0 Å². The van der Waals surface area contributed by atoms with E-state index in [0.29, 0.717) is 12.5 Å². The first-order chi connectivity index (χ1) is 9.24. The van der Waals surface area contributed by atoms with Gasteiger partial charge in [0.2, 0.25) is 5.91 Å². The summed E-state index contributed by atoms with van der Waals surface area (Å²) >= 11 is 0. The van der Waals surface area contributed by atoms with Crippen LogP contribution in [0.25, 0.3) is 0 Å². The van der Waals surface area contributed by atoms with Gasteiger partial charge in [-0.2, -0.15) is 0 Å². The summed E-state index contributed by atoms with van der Waals surface area (Å²) in [6.45, 7) is 0.571. The van der Waals surface area contributed by atoms with Gasteiger partial charge < -0.3 is 11.1 Å². The predicted octanol–water partition coefficient (Wildman–Crippen LogP) is 2.18. The van der Waals surface area contributed by atoms with Crippen LogP contribution in [0.3, 0.4) is 0 Å². The van der Waals surface area contributed by atoms with Gasteiger partial charge in [-0.1, -0.05) is 43.2 Å². The molecule has 3 heteroatoms. The van der Waals surface area contributed by atoms with Gasteiger partial charge in [0, 0.05) is 12.5 Å². The molecule has 0 spiro atoms. The molecule has 3 rings (SSSR count). The lowest BCUT2D eigenvalue weighted by Crippen LogP contribution is -2.52. The van der Waals surface area contributed by atoms with Gasteiger partial charge in [-0.3, -0.25) is 4.79 Å². The van der Waals surface area contributed by atoms with Gasteiger partial charge in [-0.15, -0.1) is 0 Å². The summed E-state index contributed by atoms with van der Waals surface area (Å²) < 4.78 is 0. The molecule has 0 bridgehead atoms. The number of rotatable bonds is 4. The zero-order valence-electron chi connectivity index (χ0n) is 11.3. The lowest BCUT2D eigenvalue weighted by atomic mass is 9.97. The van der Waals surface area contributed by atoms with Crippen LogP contribution < -0.4 is 11.1 Å². The molecule has 2 aliphatic carbocycles. The topological polar surface area (TPSA) is 55.1 Å². The third-order valence-corrected chi connectivity index (χ3v) is 4.69. The quantitative estimate of drug-likeness (QED) is 0.869. The average Bonchev–Trinajstić information content (AvgIpc) is 3.13. The summed E-state index contributed by atoms with van der Waals surface area (Å²) in [7, 11) is 0. The van der Waals surface area contributed by atoms with Crippen LogP contribution in [0, 0.1) is 5.92 Å². The highest BCUT2D eigenvalue weighted by Crippen LogP contribution is 2.48. The zero-order chi connectivity index (χ0) is 13.3. The second-order valence-corrected chi connectivity index (χ2v) is 6.04. The molecule has 102 valence electrons. The van der Waals surface area contributed by atoms with Crippen LogP contribution in [-0.4, -0.2) is 18.0 Å². The average molecular weight is 258 g/mol. The Bertz CT molecular complexity index is 451. The molecule has 0 heterocycles. The smallest absolute Gasteiger partial charge is 0.224 e. The van der Waals surface area contributed by atoms with E-state index in [1.807, 2.05) is 18.2 Å². The Kier molecular flexibility index (Phi) is 3.31. The Balaban J connectivity index is 1.61. The van der Waals surface area contributed by atoms with E-state index < -0.39 is 0 Å². The highest BCUT2D eigenvalue weighted by atomic mass is 16.2. The number of nitrogens with two attached hydrogens (primary N) is 1. The molecule has 0 radical (unpaired) electrons. The number of carbonyl (C=O) groups excluding carboxylic acids is 1. The Hall–Kier alpha value is -1.35. The van der Waals surface area contributed by atoms with E-state index in [1.54, 1.807) is 0 Å². The molecule has 2 atom stereocenters. The molecule has 0 saturated heterocycles. The number of hydrogen-bond acceptors (Lipinski definition) is 2. The van der Waals surface area contributed by atoms with E-state index in [4.69, 9.17) is 5.73 Å². The lowest BCUT2D eigenvalue weighted by Gasteiger charge is -2.28. The molecule has 2 saturated carbocycles. The van der Waals surface area contributed by atoms with Crippen LogP contribution in [0.2, 0.25) is 0 Å². The van der Waals surface area contributed by atoms with Crippen LogP contribution in [0.1, 0.15) is 43.6 Å². The van der Waals surface area contributed by atoms with Crippen molar-refractivity contribution in [2.24, 2.45) is 11.7 Å². The van der Waals surface area contributed by atoms with Crippen LogP contribution in [0.5, 0.6) is 0 Å². The standard InChI is InChI=1S/C16H22N2O/c17-11-16(8-4-5-9-16)18-15(19)14-10-13(14)12-6-2-1-3-7-12/h1-3,6-7,13-14H,4-5,8-11,17H2,(H,18,19). The molecule has 2 unspecified atom stereocenters. The largest absolute Gasteiger partial charge is 0.349 e. The SMILES string of the molecule is NCC1(NC(=O)C2CC2c2ccccc2)CCCC1. The Labute approximate surface area is 114 Å². The molecule has 3 N–H and O–H groups in total. The predicted molar refractivity (Wildman–Crippen MR) is 75.7 cm³/mol. The summed E-state index contributed by atoms with van der Waals surface area (Å²) in [4.78, 5) is 12.3. The molecule has 0 aromatic heterocycles. The molecule has 1 aromatic rings. The third-order valence-electron chi connectivity index (χ3n) is 4.69. The molecule has 0 aliphatic heterocycles. The van der Waals surface area contributed by atoms with Gasteiger partial charge in [0.1, 0.15) is 0 Å². The number of amides is 1. The molecule has 19 heavy (non-hydrogen) atoms. The first-order valence-electron chi connectivity index (χ1n) is 7.31. The summed E-state index contributed by atoms with van der Waals surface area (Å²) in [5, 5.41) is 3.24. The zero-order valence-corrected chi connectivity index (χ0v) is 11.3. The number of benzene rings is 1. The maximum atomic E-state index is 12.3. The Morgan fingerprint density at radius 1 is 1.26 bits per heavy atom. The first-order valence-corrected chi connectivity index (χ1v) is 7.31. The van der Waals surface area contributed by atoms with Gasteiger partial charge >= 0.3 is 0 Å². The molecular weight excluding hydrogens is 236 g/mol. The number of carbonyl (C=O) groups is 1. The second-order valence-electron chi connectivity index (χ2n) is 6.04. The van der Waals surface area contributed by atoms with Crippen LogP contribution >= 0.6 is 0 Å². The maximum absolute atomic E-state index is 12.3. The van der Waals surface area contributed by atoms with Crippen LogP contribution in [0.4, 0.5) is 0 Å². The van der Waals surface area contributed by atoms with E-state index in [0.717, 1.165) is 19.3 Å². The molecule has 3 nitrogen and oxygen atoms in total. The summed E-state index contributed by atoms with van der Waals surface area (Å²) in [6, 6.07) is 10.3. The van der Waals surface area contributed by atoms with E-state index >= 15 is 0 Å². The van der Waals surface area contributed by atoms with Gasteiger partial charge in [-0.05, 0) is 30.7 Å². The molecule has 2 fully saturated rings. The Morgan fingerprint density at radius 2 is 1.95 bits per heavy atom. The summed E-state index contributed by atoms with van der Waals surface area (Å²) in [5.74, 6) is 0.782.